The van der Waals surface area contributed by atoms with Crippen LogP contribution in [0.5, 0.6) is 0 Å². The monoisotopic (exact) mass is 540 g/mol. The molecule has 1 aliphatic heterocycles. The van der Waals surface area contributed by atoms with Crippen LogP contribution in [0.25, 0.3) is 0 Å². The topological polar surface area (TPSA) is 58.3 Å². The van der Waals surface area contributed by atoms with E-state index >= 15 is 0 Å². The Bertz CT molecular complexity index is 826. The fraction of sp³-hybridized carbons (Fsp3) is 0.591. The maximum atomic E-state index is 5.01. The van der Waals surface area contributed by atoms with Crippen LogP contribution in [0.1, 0.15) is 49.3 Å². The summed E-state index contributed by atoms with van der Waals surface area (Å²) in [5, 5.41) is 12.1. The van der Waals surface area contributed by atoms with E-state index in [-0.39, 0.29) is 24.0 Å². The molecule has 1 aliphatic carbocycles. The molecule has 2 aromatic rings. The SMILES string of the molecule is Cc1nnc(CNC(=NCc2ccccc2)N2CCSC3(CCCCC3)C2)n1C.I. The predicted octanol–water partition coefficient (Wildman–Crippen LogP) is 4.14. The molecule has 0 unspecified atom stereocenters. The molecule has 30 heavy (non-hydrogen) atoms. The Morgan fingerprint density at radius 3 is 2.63 bits per heavy atom. The van der Waals surface area contributed by atoms with Crippen LogP contribution in [0.15, 0.2) is 35.3 Å². The summed E-state index contributed by atoms with van der Waals surface area (Å²) in [5.74, 6) is 4.04. The van der Waals surface area contributed by atoms with E-state index in [9.17, 15) is 0 Å². The molecule has 1 spiro atoms. The van der Waals surface area contributed by atoms with E-state index in [0.29, 0.717) is 17.8 Å². The number of rotatable bonds is 4. The van der Waals surface area contributed by atoms with Gasteiger partial charge in [0.25, 0.3) is 0 Å². The molecule has 4 rings (SSSR count). The van der Waals surface area contributed by atoms with Gasteiger partial charge in [-0.3, -0.25) is 0 Å². The zero-order valence-electron chi connectivity index (χ0n) is 18.0. The van der Waals surface area contributed by atoms with Gasteiger partial charge in [0.2, 0.25) is 0 Å². The third-order valence-corrected chi connectivity index (χ3v) is 7.69. The Balaban J connectivity index is 0.00000256. The highest BCUT2D eigenvalue weighted by molar-refractivity contribution is 14.0. The minimum absolute atomic E-state index is 0. The van der Waals surface area contributed by atoms with E-state index in [4.69, 9.17) is 4.99 Å². The standard InChI is InChI=1S/C22H32N6S.HI/c1-18-25-26-20(27(18)2)16-24-21(23-15-19-9-5-3-6-10-19)28-13-14-29-22(17-28)11-7-4-8-12-22;/h3,5-6,9-10H,4,7-8,11-17H2,1-2H3,(H,23,24);1H. The zero-order valence-corrected chi connectivity index (χ0v) is 21.2. The van der Waals surface area contributed by atoms with Gasteiger partial charge in [0, 0.05) is 30.6 Å². The second kappa shape index (κ2) is 10.8. The van der Waals surface area contributed by atoms with E-state index in [1.807, 2.05) is 18.5 Å². The van der Waals surface area contributed by atoms with Crippen LogP contribution >= 0.6 is 35.7 Å². The van der Waals surface area contributed by atoms with E-state index in [1.165, 1.54) is 43.4 Å². The van der Waals surface area contributed by atoms with E-state index in [0.717, 1.165) is 30.7 Å². The molecule has 1 saturated carbocycles. The lowest BCUT2D eigenvalue weighted by molar-refractivity contribution is 0.292. The van der Waals surface area contributed by atoms with E-state index < -0.39 is 0 Å². The molecule has 1 aromatic heterocycles. The van der Waals surface area contributed by atoms with Gasteiger partial charge in [-0.25, -0.2) is 4.99 Å². The van der Waals surface area contributed by atoms with Gasteiger partial charge in [-0.15, -0.1) is 34.2 Å². The number of nitrogens with zero attached hydrogens (tertiary/aromatic N) is 5. The summed E-state index contributed by atoms with van der Waals surface area (Å²) in [4.78, 5) is 7.49. The van der Waals surface area contributed by atoms with Gasteiger partial charge in [0.15, 0.2) is 11.8 Å². The molecule has 1 aromatic carbocycles. The van der Waals surface area contributed by atoms with Crippen molar-refractivity contribution in [2.24, 2.45) is 12.0 Å². The van der Waals surface area contributed by atoms with Crippen LogP contribution in [0.2, 0.25) is 0 Å². The first-order valence-corrected chi connectivity index (χ1v) is 11.7. The number of thioether (sulfide) groups is 1. The molecule has 8 heteroatoms. The van der Waals surface area contributed by atoms with Gasteiger partial charge < -0.3 is 14.8 Å². The number of hydrogen-bond acceptors (Lipinski definition) is 4. The second-order valence-corrected chi connectivity index (χ2v) is 9.78. The van der Waals surface area contributed by atoms with Crippen molar-refractivity contribution in [3.8, 4) is 0 Å². The Morgan fingerprint density at radius 2 is 1.93 bits per heavy atom. The fourth-order valence-electron chi connectivity index (χ4n) is 4.30. The van der Waals surface area contributed by atoms with Crippen molar-refractivity contribution in [2.45, 2.75) is 56.9 Å². The van der Waals surface area contributed by atoms with Gasteiger partial charge >= 0.3 is 0 Å². The third-order valence-electron chi connectivity index (χ3n) is 6.15. The van der Waals surface area contributed by atoms with E-state index in [1.54, 1.807) is 0 Å². The quantitative estimate of drug-likeness (QED) is 0.359. The van der Waals surface area contributed by atoms with Gasteiger partial charge in [-0.2, -0.15) is 11.8 Å². The molecule has 1 saturated heterocycles. The van der Waals surface area contributed by atoms with Crippen LogP contribution < -0.4 is 5.32 Å². The average Bonchev–Trinajstić information content (AvgIpc) is 3.07. The molecule has 6 nitrogen and oxygen atoms in total. The van der Waals surface area contributed by atoms with Crippen LogP contribution in [-0.4, -0.2) is 49.2 Å². The largest absolute Gasteiger partial charge is 0.349 e. The highest BCUT2D eigenvalue weighted by Crippen LogP contribution is 2.42. The van der Waals surface area contributed by atoms with Gasteiger partial charge in [-0.1, -0.05) is 49.6 Å². The molecular weight excluding hydrogens is 507 g/mol. The number of halogens is 1. The van der Waals surface area contributed by atoms with Gasteiger partial charge in [0.1, 0.15) is 5.82 Å². The molecule has 0 atom stereocenters. The maximum absolute atomic E-state index is 5.01. The normalized spacial score (nSPS) is 18.9. The van der Waals surface area contributed by atoms with Gasteiger partial charge in [0.05, 0.1) is 13.1 Å². The molecule has 0 amide bonds. The van der Waals surface area contributed by atoms with Crippen molar-refractivity contribution >= 4 is 41.7 Å². The summed E-state index contributed by atoms with van der Waals surface area (Å²) < 4.78 is 2.45. The molecule has 1 N–H and O–H groups in total. The minimum Gasteiger partial charge on any atom is -0.349 e. The second-order valence-electron chi connectivity index (χ2n) is 8.22. The number of guanidine groups is 1. The summed E-state index contributed by atoms with van der Waals surface area (Å²) in [7, 11) is 2.02. The Labute approximate surface area is 201 Å². The van der Waals surface area contributed by atoms with Crippen molar-refractivity contribution in [3.63, 3.8) is 0 Å². The number of aryl methyl sites for hydroxylation is 1. The summed E-state index contributed by atoms with van der Waals surface area (Å²) in [5.41, 5.74) is 1.24. The smallest absolute Gasteiger partial charge is 0.194 e. The molecular formula is C22H33IN6S. The van der Waals surface area contributed by atoms with E-state index in [2.05, 4.69) is 62.5 Å². The molecule has 2 heterocycles. The predicted molar refractivity (Wildman–Crippen MR) is 135 cm³/mol. The molecule has 0 bridgehead atoms. The summed E-state index contributed by atoms with van der Waals surface area (Å²) in [6.07, 6.45) is 6.79. The van der Waals surface area contributed by atoms with Crippen molar-refractivity contribution in [2.75, 3.05) is 18.8 Å². The van der Waals surface area contributed by atoms with Crippen molar-refractivity contribution < 1.29 is 0 Å². The summed E-state index contributed by atoms with van der Waals surface area (Å²) >= 11 is 2.19. The zero-order chi connectivity index (χ0) is 20.1. The first-order valence-electron chi connectivity index (χ1n) is 10.7. The lowest BCUT2D eigenvalue weighted by Crippen LogP contribution is -2.53. The number of aromatic nitrogens is 3. The molecule has 2 aliphatic rings. The van der Waals surface area contributed by atoms with Crippen molar-refractivity contribution in [3.05, 3.63) is 47.5 Å². The summed E-state index contributed by atoms with van der Waals surface area (Å²) in [6, 6.07) is 10.5. The maximum Gasteiger partial charge on any atom is 0.194 e. The highest BCUT2D eigenvalue weighted by Gasteiger charge is 2.38. The number of nitrogens with one attached hydrogen (secondary N) is 1. The Hall–Kier alpha value is -1.29. The minimum atomic E-state index is 0. The Kier molecular flexibility index (Phi) is 8.44. The third kappa shape index (κ3) is 5.69. The van der Waals surface area contributed by atoms with Gasteiger partial charge in [-0.05, 0) is 25.3 Å². The number of benzene rings is 1. The fourth-order valence-corrected chi connectivity index (χ4v) is 5.87. The van der Waals surface area contributed by atoms with Crippen molar-refractivity contribution in [1.82, 2.24) is 25.0 Å². The van der Waals surface area contributed by atoms with Crippen LogP contribution in [0.3, 0.4) is 0 Å². The lowest BCUT2D eigenvalue weighted by Gasteiger charge is -2.45. The lowest BCUT2D eigenvalue weighted by atomic mass is 9.87. The molecule has 2 fully saturated rings. The van der Waals surface area contributed by atoms with Crippen LogP contribution in [0, 0.1) is 6.92 Å². The van der Waals surface area contributed by atoms with Crippen LogP contribution in [0.4, 0.5) is 0 Å². The first-order chi connectivity index (χ1) is 14.2. The molecule has 0 radical (unpaired) electrons. The Morgan fingerprint density at radius 1 is 1.17 bits per heavy atom. The molecule has 164 valence electrons. The van der Waals surface area contributed by atoms with Crippen LogP contribution in [-0.2, 0) is 20.1 Å². The number of hydrogen-bond donors (Lipinski definition) is 1. The average molecular weight is 541 g/mol. The summed E-state index contributed by atoms with van der Waals surface area (Å²) in [6.45, 7) is 5.45. The number of aliphatic imine (C=N–C) groups is 1. The first kappa shape index (κ1) is 23.4. The van der Waals surface area contributed by atoms with Crippen molar-refractivity contribution in [1.29, 1.82) is 0 Å². The highest BCUT2D eigenvalue weighted by atomic mass is 127.